The number of thioether (sulfide) groups is 1. The molecule has 1 N–H and O–H groups in total. The lowest BCUT2D eigenvalue weighted by molar-refractivity contribution is 0.507. The molecule has 0 saturated carbocycles. The maximum atomic E-state index is 4.10. The maximum Gasteiger partial charge on any atom is 0.0312 e. The molecule has 2 heterocycles. The number of hydrogen-bond acceptors (Lipinski definition) is 3. The number of pyridine rings is 1. The van der Waals surface area contributed by atoms with Crippen LogP contribution in [0.3, 0.4) is 0 Å². The van der Waals surface area contributed by atoms with Crippen LogP contribution in [0.5, 0.6) is 0 Å². The van der Waals surface area contributed by atoms with Crippen molar-refractivity contribution in [3.63, 3.8) is 0 Å². The van der Waals surface area contributed by atoms with E-state index in [9.17, 15) is 0 Å². The van der Waals surface area contributed by atoms with Gasteiger partial charge in [-0.3, -0.25) is 4.98 Å². The van der Waals surface area contributed by atoms with Gasteiger partial charge in [0.05, 0.1) is 0 Å². The minimum Gasteiger partial charge on any atom is -0.309 e. The summed E-state index contributed by atoms with van der Waals surface area (Å²) in [6.45, 7) is 0.957. The molecule has 1 aliphatic rings. The van der Waals surface area contributed by atoms with Crippen LogP contribution in [-0.4, -0.2) is 22.5 Å². The van der Waals surface area contributed by atoms with E-state index < -0.39 is 0 Å². The molecular formula is C11H16N2S. The molecule has 1 aliphatic heterocycles. The minimum absolute atomic E-state index is 0.703. The Morgan fingerprint density at radius 1 is 1.57 bits per heavy atom. The van der Waals surface area contributed by atoms with Gasteiger partial charge in [-0.2, -0.15) is 11.8 Å². The molecule has 0 amide bonds. The second-order valence-corrected chi connectivity index (χ2v) is 4.81. The van der Waals surface area contributed by atoms with Crippen LogP contribution in [0.1, 0.15) is 18.4 Å². The standard InChI is InChI=1S/C11H16N2S/c1-3-10(7-12-5-1)8-13-11-4-2-6-14-9-11/h1,3,5,7,11,13H,2,4,6,8-9H2. The molecule has 1 unspecified atom stereocenters. The zero-order chi connectivity index (χ0) is 9.64. The second-order valence-electron chi connectivity index (χ2n) is 3.66. The first-order valence-electron chi connectivity index (χ1n) is 5.15. The summed E-state index contributed by atoms with van der Waals surface area (Å²) < 4.78 is 0. The van der Waals surface area contributed by atoms with Crippen molar-refractivity contribution >= 4 is 11.8 Å². The first-order valence-corrected chi connectivity index (χ1v) is 6.30. The summed E-state index contributed by atoms with van der Waals surface area (Å²) in [6.07, 6.45) is 6.44. The van der Waals surface area contributed by atoms with Crippen molar-refractivity contribution in [1.29, 1.82) is 0 Å². The highest BCUT2D eigenvalue weighted by molar-refractivity contribution is 7.99. The summed E-state index contributed by atoms with van der Waals surface area (Å²) in [5, 5.41) is 3.58. The summed E-state index contributed by atoms with van der Waals surface area (Å²) in [4.78, 5) is 4.10. The van der Waals surface area contributed by atoms with E-state index in [0.29, 0.717) is 6.04 Å². The van der Waals surface area contributed by atoms with E-state index in [1.807, 2.05) is 18.5 Å². The van der Waals surface area contributed by atoms with E-state index in [2.05, 4.69) is 28.1 Å². The Morgan fingerprint density at radius 2 is 2.57 bits per heavy atom. The topological polar surface area (TPSA) is 24.9 Å². The molecule has 0 aromatic carbocycles. The Labute approximate surface area is 89.5 Å². The first-order chi connectivity index (χ1) is 6.95. The summed E-state index contributed by atoms with van der Waals surface area (Å²) in [5.41, 5.74) is 1.28. The average Bonchev–Trinajstić information content (AvgIpc) is 2.29. The maximum absolute atomic E-state index is 4.10. The van der Waals surface area contributed by atoms with Crippen LogP contribution in [-0.2, 0) is 6.54 Å². The van der Waals surface area contributed by atoms with E-state index in [1.54, 1.807) is 0 Å². The molecule has 1 atom stereocenters. The van der Waals surface area contributed by atoms with Gasteiger partial charge in [-0.05, 0) is 30.2 Å². The SMILES string of the molecule is c1cncc(CNC2CCCSC2)c1. The molecule has 76 valence electrons. The lowest BCUT2D eigenvalue weighted by Gasteiger charge is -2.22. The van der Waals surface area contributed by atoms with Gasteiger partial charge in [0.15, 0.2) is 0 Å². The van der Waals surface area contributed by atoms with Gasteiger partial charge in [-0.15, -0.1) is 0 Å². The van der Waals surface area contributed by atoms with Crippen LogP contribution >= 0.6 is 11.8 Å². The number of hydrogen-bond donors (Lipinski definition) is 1. The molecule has 0 spiro atoms. The van der Waals surface area contributed by atoms with Crippen molar-refractivity contribution in [3.8, 4) is 0 Å². The second kappa shape index (κ2) is 5.37. The third-order valence-corrected chi connectivity index (χ3v) is 3.69. The van der Waals surface area contributed by atoms with Gasteiger partial charge in [-0.1, -0.05) is 6.07 Å². The molecule has 0 aliphatic carbocycles. The molecule has 1 aromatic heterocycles. The van der Waals surface area contributed by atoms with E-state index in [1.165, 1.54) is 29.9 Å². The van der Waals surface area contributed by atoms with Crippen molar-refractivity contribution in [2.75, 3.05) is 11.5 Å². The van der Waals surface area contributed by atoms with Crippen molar-refractivity contribution in [2.45, 2.75) is 25.4 Å². The molecule has 0 radical (unpaired) electrons. The van der Waals surface area contributed by atoms with Crippen LogP contribution in [0.4, 0.5) is 0 Å². The fourth-order valence-electron chi connectivity index (χ4n) is 1.67. The van der Waals surface area contributed by atoms with Crippen molar-refractivity contribution in [3.05, 3.63) is 30.1 Å². The lowest BCUT2D eigenvalue weighted by Crippen LogP contribution is -2.33. The predicted octanol–water partition coefficient (Wildman–Crippen LogP) is 2.07. The van der Waals surface area contributed by atoms with Crippen LogP contribution < -0.4 is 5.32 Å². The third-order valence-electron chi connectivity index (χ3n) is 2.48. The Kier molecular flexibility index (Phi) is 3.83. The van der Waals surface area contributed by atoms with E-state index >= 15 is 0 Å². The zero-order valence-electron chi connectivity index (χ0n) is 8.28. The predicted molar refractivity (Wildman–Crippen MR) is 61.4 cm³/mol. The average molecular weight is 208 g/mol. The van der Waals surface area contributed by atoms with E-state index in [0.717, 1.165) is 6.54 Å². The van der Waals surface area contributed by atoms with Crippen molar-refractivity contribution in [1.82, 2.24) is 10.3 Å². The Balaban J connectivity index is 1.76. The van der Waals surface area contributed by atoms with Gasteiger partial charge >= 0.3 is 0 Å². The fourth-order valence-corrected chi connectivity index (χ4v) is 2.77. The van der Waals surface area contributed by atoms with Gasteiger partial charge in [0.25, 0.3) is 0 Å². The van der Waals surface area contributed by atoms with E-state index in [4.69, 9.17) is 0 Å². The summed E-state index contributed by atoms with van der Waals surface area (Å²) >= 11 is 2.06. The number of nitrogens with zero attached hydrogens (tertiary/aromatic N) is 1. The van der Waals surface area contributed by atoms with Crippen molar-refractivity contribution < 1.29 is 0 Å². The monoisotopic (exact) mass is 208 g/mol. The molecule has 1 saturated heterocycles. The molecule has 1 fully saturated rings. The van der Waals surface area contributed by atoms with Gasteiger partial charge < -0.3 is 5.32 Å². The smallest absolute Gasteiger partial charge is 0.0312 e. The Bertz CT molecular complexity index is 257. The van der Waals surface area contributed by atoms with Gasteiger partial charge in [0, 0.05) is 30.7 Å². The number of nitrogens with one attached hydrogen (secondary N) is 1. The van der Waals surface area contributed by atoms with Gasteiger partial charge in [0.2, 0.25) is 0 Å². The van der Waals surface area contributed by atoms with Gasteiger partial charge in [0.1, 0.15) is 0 Å². The molecule has 2 nitrogen and oxygen atoms in total. The highest BCUT2D eigenvalue weighted by atomic mass is 32.2. The Morgan fingerprint density at radius 3 is 3.29 bits per heavy atom. The van der Waals surface area contributed by atoms with Crippen LogP contribution in [0.15, 0.2) is 24.5 Å². The quantitative estimate of drug-likeness (QED) is 0.823. The third kappa shape index (κ3) is 3.00. The largest absolute Gasteiger partial charge is 0.309 e. The lowest BCUT2D eigenvalue weighted by atomic mass is 10.2. The summed E-state index contributed by atoms with van der Waals surface area (Å²) in [7, 11) is 0. The van der Waals surface area contributed by atoms with Crippen LogP contribution in [0, 0.1) is 0 Å². The fraction of sp³-hybridized carbons (Fsp3) is 0.545. The summed E-state index contributed by atoms with van der Waals surface area (Å²) in [5.74, 6) is 2.60. The van der Waals surface area contributed by atoms with Gasteiger partial charge in [-0.25, -0.2) is 0 Å². The van der Waals surface area contributed by atoms with E-state index in [-0.39, 0.29) is 0 Å². The first kappa shape index (κ1) is 9.99. The molecular weight excluding hydrogens is 192 g/mol. The van der Waals surface area contributed by atoms with Crippen molar-refractivity contribution in [2.24, 2.45) is 0 Å². The zero-order valence-corrected chi connectivity index (χ0v) is 9.09. The molecule has 3 heteroatoms. The molecule has 14 heavy (non-hydrogen) atoms. The highest BCUT2D eigenvalue weighted by Crippen LogP contribution is 2.17. The Hall–Kier alpha value is -0.540. The number of aromatic nitrogens is 1. The number of rotatable bonds is 3. The molecule has 2 rings (SSSR count). The normalized spacial score (nSPS) is 22.1. The minimum atomic E-state index is 0.703. The van der Waals surface area contributed by atoms with Crippen LogP contribution in [0.2, 0.25) is 0 Å². The highest BCUT2D eigenvalue weighted by Gasteiger charge is 2.12. The van der Waals surface area contributed by atoms with Crippen LogP contribution in [0.25, 0.3) is 0 Å². The molecule has 1 aromatic rings. The molecule has 0 bridgehead atoms. The summed E-state index contributed by atoms with van der Waals surface area (Å²) in [6, 6.07) is 4.82.